The van der Waals surface area contributed by atoms with Gasteiger partial charge in [-0.3, -0.25) is 4.98 Å². The Bertz CT molecular complexity index is 439. The summed E-state index contributed by atoms with van der Waals surface area (Å²) in [5.41, 5.74) is 7.07. The number of nitrogens with zero attached hydrogens (tertiary/aromatic N) is 3. The Kier molecular flexibility index (Phi) is 2.28. The molecule has 0 unspecified atom stereocenters. The van der Waals surface area contributed by atoms with E-state index in [1.165, 1.54) is 11.3 Å². The van der Waals surface area contributed by atoms with Gasteiger partial charge in [0, 0.05) is 18.9 Å². The van der Waals surface area contributed by atoms with Gasteiger partial charge in [-0.1, -0.05) is 11.3 Å². The minimum atomic E-state index is 0.677. The van der Waals surface area contributed by atoms with Crippen LogP contribution in [0.25, 0.3) is 10.7 Å². The molecule has 2 aromatic heterocycles. The normalized spacial score (nSPS) is 10.1. The quantitative estimate of drug-likeness (QED) is 0.774. The molecule has 3 N–H and O–H groups in total. The highest BCUT2D eigenvalue weighted by Crippen LogP contribution is 2.24. The number of pyridine rings is 1. The van der Waals surface area contributed by atoms with Crippen molar-refractivity contribution in [2.24, 2.45) is 0 Å². The Morgan fingerprint density at radius 2 is 2.29 bits per heavy atom. The smallest absolute Gasteiger partial charge is 0.205 e. The summed E-state index contributed by atoms with van der Waals surface area (Å²) in [5, 5.41) is 12.4. The van der Waals surface area contributed by atoms with Crippen molar-refractivity contribution in [2.45, 2.75) is 0 Å². The molecule has 0 spiro atoms. The predicted octanol–water partition coefficient (Wildman–Crippen LogP) is 1.22. The van der Waals surface area contributed by atoms with E-state index in [1.54, 1.807) is 25.4 Å². The summed E-state index contributed by atoms with van der Waals surface area (Å²) in [4.78, 5) is 4.16. The molecular formula is C8H9N5S. The van der Waals surface area contributed by atoms with Crippen molar-refractivity contribution < 1.29 is 0 Å². The molecule has 0 radical (unpaired) electrons. The van der Waals surface area contributed by atoms with Crippen molar-refractivity contribution in [3.05, 3.63) is 18.3 Å². The molecule has 0 fully saturated rings. The molecule has 0 saturated carbocycles. The van der Waals surface area contributed by atoms with Crippen LogP contribution in [0.5, 0.6) is 0 Å². The van der Waals surface area contributed by atoms with Crippen LogP contribution in [0.1, 0.15) is 0 Å². The maximum absolute atomic E-state index is 5.64. The first-order valence-electron chi connectivity index (χ1n) is 4.03. The zero-order valence-electron chi connectivity index (χ0n) is 7.56. The van der Waals surface area contributed by atoms with Crippen molar-refractivity contribution in [1.82, 2.24) is 15.2 Å². The number of hydrogen-bond acceptors (Lipinski definition) is 6. The predicted molar refractivity (Wildman–Crippen MR) is 57.1 cm³/mol. The number of aromatic nitrogens is 3. The molecule has 5 nitrogen and oxygen atoms in total. The van der Waals surface area contributed by atoms with E-state index in [2.05, 4.69) is 20.5 Å². The summed E-state index contributed by atoms with van der Waals surface area (Å²) in [6, 6.07) is 3.52. The SMILES string of the molecule is CNc1nnc(-c2cc(N)ccn2)s1. The minimum Gasteiger partial charge on any atom is -0.399 e. The van der Waals surface area contributed by atoms with Crippen LogP contribution < -0.4 is 11.1 Å². The van der Waals surface area contributed by atoms with Crippen molar-refractivity contribution >= 4 is 22.2 Å². The van der Waals surface area contributed by atoms with Gasteiger partial charge in [0.05, 0.1) is 0 Å². The van der Waals surface area contributed by atoms with E-state index in [9.17, 15) is 0 Å². The van der Waals surface area contributed by atoms with Crippen LogP contribution in [0.15, 0.2) is 18.3 Å². The van der Waals surface area contributed by atoms with Crippen LogP contribution in [0, 0.1) is 0 Å². The molecule has 72 valence electrons. The summed E-state index contributed by atoms with van der Waals surface area (Å²) in [6.45, 7) is 0. The summed E-state index contributed by atoms with van der Waals surface area (Å²) in [7, 11) is 1.80. The van der Waals surface area contributed by atoms with Gasteiger partial charge in [-0.25, -0.2) is 0 Å². The molecule has 0 aromatic carbocycles. The fraction of sp³-hybridized carbons (Fsp3) is 0.125. The highest BCUT2D eigenvalue weighted by Gasteiger charge is 2.06. The first-order chi connectivity index (χ1) is 6.79. The van der Waals surface area contributed by atoms with Crippen molar-refractivity contribution in [3.63, 3.8) is 0 Å². The van der Waals surface area contributed by atoms with Crippen molar-refractivity contribution in [1.29, 1.82) is 0 Å². The van der Waals surface area contributed by atoms with Crippen molar-refractivity contribution in [3.8, 4) is 10.7 Å². The second kappa shape index (κ2) is 3.59. The summed E-state index contributed by atoms with van der Waals surface area (Å²) >= 11 is 1.44. The van der Waals surface area contributed by atoms with Crippen LogP contribution in [-0.2, 0) is 0 Å². The molecule has 0 aliphatic carbocycles. The largest absolute Gasteiger partial charge is 0.399 e. The Morgan fingerprint density at radius 1 is 1.43 bits per heavy atom. The highest BCUT2D eigenvalue weighted by atomic mass is 32.1. The fourth-order valence-electron chi connectivity index (χ4n) is 0.992. The van der Waals surface area contributed by atoms with E-state index in [1.807, 2.05) is 0 Å². The van der Waals surface area contributed by atoms with E-state index in [4.69, 9.17) is 5.73 Å². The molecule has 0 atom stereocenters. The lowest BCUT2D eigenvalue weighted by Gasteiger charge is -1.94. The van der Waals surface area contributed by atoms with Gasteiger partial charge >= 0.3 is 0 Å². The molecule has 0 amide bonds. The van der Waals surface area contributed by atoms with E-state index in [0.717, 1.165) is 15.8 Å². The van der Waals surface area contributed by atoms with Gasteiger partial charge in [-0.2, -0.15) is 0 Å². The maximum Gasteiger partial charge on any atom is 0.205 e. The molecule has 0 aliphatic heterocycles. The third kappa shape index (κ3) is 1.64. The first-order valence-corrected chi connectivity index (χ1v) is 4.84. The molecule has 0 aliphatic rings. The van der Waals surface area contributed by atoms with Crippen LogP contribution in [-0.4, -0.2) is 22.2 Å². The summed E-state index contributed by atoms with van der Waals surface area (Å²) in [6.07, 6.45) is 1.66. The fourth-order valence-corrected chi connectivity index (χ4v) is 1.66. The van der Waals surface area contributed by atoms with E-state index in [0.29, 0.717) is 5.69 Å². The second-order valence-corrected chi connectivity index (χ2v) is 3.61. The van der Waals surface area contributed by atoms with E-state index < -0.39 is 0 Å². The maximum atomic E-state index is 5.64. The average Bonchev–Trinajstić information content (AvgIpc) is 2.66. The van der Waals surface area contributed by atoms with Gasteiger partial charge in [-0.05, 0) is 12.1 Å². The zero-order chi connectivity index (χ0) is 9.97. The number of nitrogen functional groups attached to an aromatic ring is 1. The Morgan fingerprint density at radius 3 is 2.93 bits per heavy atom. The summed E-state index contributed by atoms with van der Waals surface area (Å²) < 4.78 is 0. The monoisotopic (exact) mass is 207 g/mol. The molecule has 14 heavy (non-hydrogen) atoms. The van der Waals surface area contributed by atoms with Crippen LogP contribution in [0.4, 0.5) is 10.8 Å². The molecule has 0 saturated heterocycles. The molecule has 2 heterocycles. The number of nitrogens with one attached hydrogen (secondary N) is 1. The second-order valence-electron chi connectivity index (χ2n) is 2.64. The van der Waals surface area contributed by atoms with Gasteiger partial charge in [0.25, 0.3) is 0 Å². The average molecular weight is 207 g/mol. The Labute approximate surface area is 85.0 Å². The number of anilines is 2. The molecule has 0 bridgehead atoms. The lowest BCUT2D eigenvalue weighted by molar-refractivity contribution is 1.08. The molecule has 6 heteroatoms. The molecule has 2 rings (SSSR count). The molecule has 2 aromatic rings. The summed E-state index contributed by atoms with van der Waals surface area (Å²) in [5.74, 6) is 0. The zero-order valence-corrected chi connectivity index (χ0v) is 8.38. The topological polar surface area (TPSA) is 76.7 Å². The Balaban J connectivity index is 2.39. The standard InChI is InChI=1S/C8H9N5S/c1-10-8-13-12-7(14-8)6-4-5(9)2-3-11-6/h2-4H,1H3,(H2,9,11)(H,10,13). The van der Waals surface area contributed by atoms with E-state index >= 15 is 0 Å². The van der Waals surface area contributed by atoms with Gasteiger partial charge in [0.15, 0.2) is 5.01 Å². The molecular weight excluding hydrogens is 198 g/mol. The Hall–Kier alpha value is -1.69. The van der Waals surface area contributed by atoms with Gasteiger partial charge in [0.2, 0.25) is 5.13 Å². The highest BCUT2D eigenvalue weighted by molar-refractivity contribution is 7.18. The van der Waals surface area contributed by atoms with Crippen LogP contribution >= 0.6 is 11.3 Å². The van der Waals surface area contributed by atoms with E-state index in [-0.39, 0.29) is 0 Å². The number of rotatable bonds is 2. The third-order valence-electron chi connectivity index (χ3n) is 1.64. The third-order valence-corrected chi connectivity index (χ3v) is 2.61. The lowest BCUT2D eigenvalue weighted by atomic mass is 10.3. The minimum absolute atomic E-state index is 0.677. The van der Waals surface area contributed by atoms with Crippen molar-refractivity contribution in [2.75, 3.05) is 18.1 Å². The number of nitrogens with two attached hydrogens (primary N) is 1. The van der Waals surface area contributed by atoms with Gasteiger partial charge < -0.3 is 11.1 Å². The van der Waals surface area contributed by atoms with Gasteiger partial charge in [-0.15, -0.1) is 10.2 Å². The van der Waals surface area contributed by atoms with Crippen LogP contribution in [0.2, 0.25) is 0 Å². The number of hydrogen-bond donors (Lipinski definition) is 2. The van der Waals surface area contributed by atoms with Gasteiger partial charge in [0.1, 0.15) is 5.69 Å². The lowest BCUT2D eigenvalue weighted by Crippen LogP contribution is -1.87. The first kappa shape index (κ1) is 8.89. The van der Waals surface area contributed by atoms with Crippen LogP contribution in [0.3, 0.4) is 0 Å².